The lowest BCUT2D eigenvalue weighted by Gasteiger charge is -2.35. The van der Waals surface area contributed by atoms with Gasteiger partial charge >= 0.3 is 6.16 Å². The SMILES string of the molecule is CCOC(=O)Oc1ccc(C(=O)N2CCN(C(=O)CCCOc3c(C)cccc3C)CC2)cc1. The van der Waals surface area contributed by atoms with Gasteiger partial charge in [-0.1, -0.05) is 18.2 Å². The molecule has 0 bridgehead atoms. The van der Waals surface area contributed by atoms with Gasteiger partial charge in [0.15, 0.2) is 0 Å². The topological polar surface area (TPSA) is 85.4 Å². The Labute approximate surface area is 200 Å². The van der Waals surface area contributed by atoms with Gasteiger partial charge in [0.2, 0.25) is 5.91 Å². The number of hydrogen-bond acceptors (Lipinski definition) is 6. The zero-order valence-electron chi connectivity index (χ0n) is 20.0. The number of hydrogen-bond donors (Lipinski definition) is 0. The van der Waals surface area contributed by atoms with Crippen molar-refractivity contribution in [2.75, 3.05) is 39.4 Å². The molecule has 2 aromatic carbocycles. The summed E-state index contributed by atoms with van der Waals surface area (Å²) in [5.41, 5.74) is 2.68. The average Bonchev–Trinajstić information content (AvgIpc) is 2.83. The minimum Gasteiger partial charge on any atom is -0.493 e. The van der Waals surface area contributed by atoms with E-state index in [0.717, 1.165) is 16.9 Å². The maximum absolute atomic E-state index is 12.8. The predicted molar refractivity (Wildman–Crippen MR) is 127 cm³/mol. The second kappa shape index (κ2) is 12.1. The maximum Gasteiger partial charge on any atom is 0.513 e. The third-order valence-electron chi connectivity index (χ3n) is 5.67. The fourth-order valence-corrected chi connectivity index (χ4v) is 3.83. The molecule has 2 amide bonds. The first-order valence-electron chi connectivity index (χ1n) is 11.6. The van der Waals surface area contributed by atoms with Crippen LogP contribution in [-0.2, 0) is 9.53 Å². The highest BCUT2D eigenvalue weighted by atomic mass is 16.7. The first kappa shape index (κ1) is 25.1. The van der Waals surface area contributed by atoms with E-state index in [1.165, 1.54) is 0 Å². The number of rotatable bonds is 8. The van der Waals surface area contributed by atoms with Gasteiger partial charge in [-0.3, -0.25) is 9.59 Å². The van der Waals surface area contributed by atoms with Gasteiger partial charge in [-0.2, -0.15) is 0 Å². The molecule has 34 heavy (non-hydrogen) atoms. The summed E-state index contributed by atoms with van der Waals surface area (Å²) in [6.07, 6.45) is 0.284. The van der Waals surface area contributed by atoms with Crippen molar-refractivity contribution in [2.24, 2.45) is 0 Å². The van der Waals surface area contributed by atoms with Crippen LogP contribution in [-0.4, -0.2) is 67.2 Å². The van der Waals surface area contributed by atoms with Crippen molar-refractivity contribution in [3.8, 4) is 11.5 Å². The number of ether oxygens (including phenoxy) is 3. The Kier molecular flexibility index (Phi) is 8.90. The summed E-state index contributed by atoms with van der Waals surface area (Å²) in [5, 5.41) is 0. The maximum atomic E-state index is 12.8. The molecule has 3 rings (SSSR count). The predicted octanol–water partition coefficient (Wildman–Crippen LogP) is 3.98. The zero-order valence-corrected chi connectivity index (χ0v) is 20.0. The molecule has 1 aliphatic heterocycles. The van der Waals surface area contributed by atoms with Crippen LogP contribution < -0.4 is 9.47 Å². The summed E-state index contributed by atoms with van der Waals surface area (Å²) in [4.78, 5) is 40.3. The molecule has 0 radical (unpaired) electrons. The van der Waals surface area contributed by atoms with Gasteiger partial charge in [0, 0.05) is 38.2 Å². The molecule has 8 nitrogen and oxygen atoms in total. The molecule has 8 heteroatoms. The van der Waals surface area contributed by atoms with Crippen molar-refractivity contribution in [2.45, 2.75) is 33.6 Å². The summed E-state index contributed by atoms with van der Waals surface area (Å²) in [6, 6.07) is 12.4. The van der Waals surface area contributed by atoms with Gasteiger partial charge in [0.05, 0.1) is 13.2 Å². The Hall–Kier alpha value is -3.55. The first-order chi connectivity index (χ1) is 16.4. The zero-order chi connectivity index (χ0) is 24.5. The fraction of sp³-hybridized carbons (Fsp3) is 0.423. The largest absolute Gasteiger partial charge is 0.513 e. The lowest BCUT2D eigenvalue weighted by molar-refractivity contribution is -0.132. The molecule has 1 saturated heterocycles. The number of para-hydroxylation sites is 1. The van der Waals surface area contributed by atoms with Crippen LogP contribution in [0.4, 0.5) is 4.79 Å². The smallest absolute Gasteiger partial charge is 0.493 e. The number of piperazine rings is 1. The van der Waals surface area contributed by atoms with Crippen LogP contribution in [0.25, 0.3) is 0 Å². The molecule has 0 saturated carbocycles. The van der Waals surface area contributed by atoms with Crippen molar-refractivity contribution < 1.29 is 28.6 Å². The molecular formula is C26H32N2O6. The number of nitrogens with zero attached hydrogens (tertiary/aromatic N) is 2. The van der Waals surface area contributed by atoms with E-state index in [-0.39, 0.29) is 18.4 Å². The molecule has 2 aromatic rings. The molecule has 0 atom stereocenters. The Balaban J connectivity index is 1.40. The van der Waals surface area contributed by atoms with Crippen LogP contribution in [0.15, 0.2) is 42.5 Å². The van der Waals surface area contributed by atoms with E-state index in [0.29, 0.717) is 56.9 Å². The Morgan fingerprint density at radius 1 is 0.882 bits per heavy atom. The summed E-state index contributed by atoms with van der Waals surface area (Å²) in [5.74, 6) is 1.17. The van der Waals surface area contributed by atoms with E-state index in [1.807, 2.05) is 32.0 Å². The third-order valence-corrected chi connectivity index (χ3v) is 5.67. The number of benzene rings is 2. The molecule has 0 aromatic heterocycles. The summed E-state index contributed by atoms with van der Waals surface area (Å²) >= 11 is 0. The minimum absolute atomic E-state index is 0.0812. The van der Waals surface area contributed by atoms with Crippen LogP contribution in [0.3, 0.4) is 0 Å². The number of carbonyl (C=O) groups excluding carboxylic acids is 3. The van der Waals surface area contributed by atoms with Crippen molar-refractivity contribution in [3.05, 3.63) is 59.2 Å². The lowest BCUT2D eigenvalue weighted by Crippen LogP contribution is -2.50. The molecule has 1 fully saturated rings. The lowest BCUT2D eigenvalue weighted by atomic mass is 10.1. The third kappa shape index (κ3) is 6.73. The van der Waals surface area contributed by atoms with Gasteiger partial charge < -0.3 is 24.0 Å². The molecule has 1 aliphatic rings. The second-order valence-electron chi connectivity index (χ2n) is 8.16. The van der Waals surface area contributed by atoms with E-state index in [9.17, 15) is 14.4 Å². The van der Waals surface area contributed by atoms with E-state index >= 15 is 0 Å². The number of amides is 2. The highest BCUT2D eigenvalue weighted by Gasteiger charge is 2.24. The Morgan fingerprint density at radius 2 is 1.50 bits per heavy atom. The minimum atomic E-state index is -0.778. The van der Waals surface area contributed by atoms with Gasteiger partial charge in [0.25, 0.3) is 5.91 Å². The summed E-state index contributed by atoms with van der Waals surface area (Å²) in [7, 11) is 0. The Bertz CT molecular complexity index is 977. The molecule has 0 spiro atoms. The van der Waals surface area contributed by atoms with Gasteiger partial charge in [-0.25, -0.2) is 4.79 Å². The van der Waals surface area contributed by atoms with Crippen LogP contribution in [0, 0.1) is 13.8 Å². The highest BCUT2D eigenvalue weighted by Crippen LogP contribution is 2.22. The number of carbonyl (C=O) groups is 3. The monoisotopic (exact) mass is 468 g/mol. The fourth-order valence-electron chi connectivity index (χ4n) is 3.83. The molecular weight excluding hydrogens is 436 g/mol. The van der Waals surface area contributed by atoms with Crippen LogP contribution in [0.1, 0.15) is 41.3 Å². The van der Waals surface area contributed by atoms with Crippen molar-refractivity contribution in [1.29, 1.82) is 0 Å². The average molecular weight is 469 g/mol. The molecule has 1 heterocycles. The van der Waals surface area contributed by atoms with Crippen molar-refractivity contribution >= 4 is 18.0 Å². The molecule has 0 unspecified atom stereocenters. The van der Waals surface area contributed by atoms with Gasteiger partial charge in [-0.15, -0.1) is 0 Å². The molecule has 182 valence electrons. The summed E-state index contributed by atoms with van der Waals surface area (Å²) in [6.45, 7) is 8.41. The quantitative estimate of drug-likeness (QED) is 0.331. The molecule has 0 aliphatic carbocycles. The highest BCUT2D eigenvalue weighted by molar-refractivity contribution is 5.94. The standard InChI is InChI=1S/C26H32N2O6/c1-4-32-26(31)34-22-12-10-21(11-13-22)25(30)28-16-14-27(15-17-28)23(29)9-6-18-33-24-19(2)7-5-8-20(24)3/h5,7-8,10-13H,4,6,9,14-18H2,1-3H3. The van der Waals surface area contributed by atoms with Gasteiger partial charge in [0.1, 0.15) is 11.5 Å². The first-order valence-corrected chi connectivity index (χ1v) is 11.6. The second-order valence-corrected chi connectivity index (χ2v) is 8.16. The normalized spacial score (nSPS) is 13.4. The van der Waals surface area contributed by atoms with E-state index < -0.39 is 6.16 Å². The van der Waals surface area contributed by atoms with Crippen LogP contribution >= 0.6 is 0 Å². The van der Waals surface area contributed by atoms with E-state index in [2.05, 4.69) is 0 Å². The molecule has 0 N–H and O–H groups in total. The van der Waals surface area contributed by atoms with Crippen molar-refractivity contribution in [1.82, 2.24) is 9.80 Å². The van der Waals surface area contributed by atoms with E-state index in [1.54, 1.807) is 41.0 Å². The summed E-state index contributed by atoms with van der Waals surface area (Å²) < 4.78 is 15.6. The van der Waals surface area contributed by atoms with Gasteiger partial charge in [-0.05, 0) is 62.6 Å². The number of aryl methyl sites for hydroxylation is 2. The van der Waals surface area contributed by atoms with Crippen molar-refractivity contribution in [3.63, 3.8) is 0 Å². The van der Waals surface area contributed by atoms with Crippen LogP contribution in [0.2, 0.25) is 0 Å². The van der Waals surface area contributed by atoms with Crippen LogP contribution in [0.5, 0.6) is 11.5 Å². The Morgan fingerprint density at radius 3 is 2.12 bits per heavy atom. The van der Waals surface area contributed by atoms with E-state index in [4.69, 9.17) is 14.2 Å².